The Bertz CT molecular complexity index is 1060. The van der Waals surface area contributed by atoms with Crippen molar-refractivity contribution in [2.24, 2.45) is 0 Å². The second-order valence-corrected chi connectivity index (χ2v) is 6.63. The Kier molecular flexibility index (Phi) is 4.27. The van der Waals surface area contributed by atoms with Gasteiger partial charge in [0.05, 0.1) is 6.04 Å². The molecule has 3 heterocycles. The van der Waals surface area contributed by atoms with Crippen molar-refractivity contribution in [3.05, 3.63) is 76.0 Å². The van der Waals surface area contributed by atoms with Crippen molar-refractivity contribution in [1.82, 2.24) is 19.8 Å². The number of thiophene rings is 1. The lowest BCUT2D eigenvalue weighted by molar-refractivity contribution is -0.146. The summed E-state index contributed by atoms with van der Waals surface area (Å²) in [7, 11) is 0. The number of nitrogens with zero attached hydrogens (tertiary/aromatic N) is 4. The first-order chi connectivity index (χ1) is 12.9. The highest BCUT2D eigenvalue weighted by Gasteiger charge is 2.37. The van der Waals surface area contributed by atoms with E-state index in [2.05, 4.69) is 20.6 Å². The fourth-order valence-electron chi connectivity index (χ4n) is 2.62. The Morgan fingerprint density at radius 3 is 2.44 bits per heavy atom. The van der Waals surface area contributed by atoms with Gasteiger partial charge in [0.2, 0.25) is 0 Å². The van der Waals surface area contributed by atoms with Crippen molar-refractivity contribution in [3.63, 3.8) is 0 Å². The zero-order chi connectivity index (χ0) is 19.0. The highest BCUT2D eigenvalue weighted by molar-refractivity contribution is 7.10. The van der Waals surface area contributed by atoms with E-state index in [-0.39, 0.29) is 17.3 Å². The molecule has 5 nitrogen and oxygen atoms in total. The van der Waals surface area contributed by atoms with E-state index in [1.54, 1.807) is 12.1 Å². The molecule has 1 unspecified atom stereocenters. The number of hydrogen-bond acceptors (Lipinski definition) is 5. The van der Waals surface area contributed by atoms with Gasteiger partial charge in [-0.2, -0.15) is 17.7 Å². The fraction of sp³-hybridized carbons (Fsp3) is 0.118. The number of aromatic nitrogens is 4. The van der Waals surface area contributed by atoms with Crippen LogP contribution in [0.3, 0.4) is 0 Å². The molecule has 0 saturated heterocycles. The Morgan fingerprint density at radius 2 is 1.78 bits per heavy atom. The van der Waals surface area contributed by atoms with Crippen molar-refractivity contribution in [2.75, 3.05) is 5.32 Å². The molecule has 0 fully saturated rings. The standard InChI is InChI=1S/C17H11F4N5S/c18-11-5-3-10(4-6-11)15(12-2-1-9-27-12)22-13-7-8-14-23-24-16(17(19,20)21)26(14)25-13/h1-9,15H,(H,22,25). The predicted octanol–water partition coefficient (Wildman–Crippen LogP) is 4.55. The second kappa shape index (κ2) is 6.62. The maximum Gasteiger partial charge on any atom is 0.453 e. The summed E-state index contributed by atoms with van der Waals surface area (Å²) in [6.07, 6.45) is -4.67. The van der Waals surface area contributed by atoms with Gasteiger partial charge in [-0.15, -0.1) is 26.6 Å². The molecule has 4 aromatic rings. The minimum absolute atomic E-state index is 0.0117. The topological polar surface area (TPSA) is 55.1 Å². The second-order valence-electron chi connectivity index (χ2n) is 5.65. The summed E-state index contributed by atoms with van der Waals surface area (Å²) in [5.74, 6) is -1.37. The molecule has 0 amide bonds. The van der Waals surface area contributed by atoms with Crippen LogP contribution in [0.4, 0.5) is 23.4 Å². The largest absolute Gasteiger partial charge is 0.453 e. The van der Waals surface area contributed by atoms with Crippen LogP contribution in [0, 0.1) is 5.82 Å². The molecule has 4 rings (SSSR count). The van der Waals surface area contributed by atoms with Gasteiger partial charge in [0.25, 0.3) is 5.82 Å². The van der Waals surface area contributed by atoms with E-state index in [9.17, 15) is 17.6 Å². The smallest absolute Gasteiger partial charge is 0.357 e. The quantitative estimate of drug-likeness (QED) is 0.517. The molecule has 138 valence electrons. The fourth-order valence-corrected chi connectivity index (χ4v) is 3.42. The molecule has 0 spiro atoms. The van der Waals surface area contributed by atoms with Crippen LogP contribution in [0.2, 0.25) is 0 Å². The molecule has 0 radical (unpaired) electrons. The van der Waals surface area contributed by atoms with E-state index in [1.165, 1.54) is 35.6 Å². The van der Waals surface area contributed by atoms with E-state index >= 15 is 0 Å². The Balaban J connectivity index is 1.74. The maximum atomic E-state index is 13.3. The van der Waals surface area contributed by atoms with Gasteiger partial charge in [0.15, 0.2) is 5.65 Å². The van der Waals surface area contributed by atoms with E-state index < -0.39 is 18.0 Å². The molecule has 0 aliphatic rings. The molecule has 1 N–H and O–H groups in total. The molecule has 0 bridgehead atoms. The number of alkyl halides is 3. The lowest BCUT2D eigenvalue weighted by Crippen LogP contribution is -2.16. The molecular weight excluding hydrogens is 382 g/mol. The Labute approximate surface area is 154 Å². The molecule has 0 aliphatic heterocycles. The summed E-state index contributed by atoms with van der Waals surface area (Å²) in [4.78, 5) is 0.906. The summed E-state index contributed by atoms with van der Waals surface area (Å²) in [6, 6.07) is 12.1. The molecule has 1 atom stereocenters. The number of fused-ring (bicyclic) bond motifs is 1. The number of hydrogen-bond donors (Lipinski definition) is 1. The lowest BCUT2D eigenvalue weighted by atomic mass is 10.1. The number of halogens is 4. The van der Waals surface area contributed by atoms with Crippen molar-refractivity contribution >= 4 is 22.8 Å². The number of anilines is 1. The van der Waals surface area contributed by atoms with Gasteiger partial charge in [-0.05, 0) is 41.3 Å². The average Bonchev–Trinajstić information content (AvgIpc) is 3.29. The van der Waals surface area contributed by atoms with Gasteiger partial charge in [-0.1, -0.05) is 18.2 Å². The minimum atomic E-state index is -4.67. The minimum Gasteiger partial charge on any atom is -0.357 e. The number of benzene rings is 1. The third kappa shape index (κ3) is 3.47. The monoisotopic (exact) mass is 393 g/mol. The Hall–Kier alpha value is -3.01. The van der Waals surface area contributed by atoms with Crippen molar-refractivity contribution < 1.29 is 17.6 Å². The SMILES string of the molecule is Fc1ccc(C(Nc2ccc3nnc(C(F)(F)F)n3n2)c2cccs2)cc1. The number of rotatable bonds is 4. The van der Waals surface area contributed by atoms with Crippen LogP contribution in [-0.4, -0.2) is 19.8 Å². The van der Waals surface area contributed by atoms with E-state index in [0.29, 0.717) is 4.52 Å². The highest BCUT2D eigenvalue weighted by Crippen LogP contribution is 2.31. The van der Waals surface area contributed by atoms with Gasteiger partial charge in [0, 0.05) is 4.88 Å². The van der Waals surface area contributed by atoms with E-state index in [4.69, 9.17) is 0 Å². The number of nitrogens with one attached hydrogen (secondary N) is 1. The highest BCUT2D eigenvalue weighted by atomic mass is 32.1. The zero-order valence-electron chi connectivity index (χ0n) is 13.5. The van der Waals surface area contributed by atoms with Gasteiger partial charge >= 0.3 is 6.18 Å². The van der Waals surface area contributed by atoms with Crippen LogP contribution in [-0.2, 0) is 6.18 Å². The van der Waals surface area contributed by atoms with Crippen molar-refractivity contribution in [3.8, 4) is 0 Å². The normalized spacial score (nSPS) is 13.0. The third-order valence-electron chi connectivity index (χ3n) is 3.84. The predicted molar refractivity (Wildman–Crippen MR) is 92.0 cm³/mol. The lowest BCUT2D eigenvalue weighted by Gasteiger charge is -2.19. The van der Waals surface area contributed by atoms with Crippen LogP contribution in [0.15, 0.2) is 53.9 Å². The summed E-state index contributed by atoms with van der Waals surface area (Å²) < 4.78 is 53.1. The molecule has 27 heavy (non-hydrogen) atoms. The third-order valence-corrected chi connectivity index (χ3v) is 4.78. The molecule has 0 aliphatic carbocycles. The van der Waals surface area contributed by atoms with Crippen LogP contribution in [0.5, 0.6) is 0 Å². The van der Waals surface area contributed by atoms with Crippen molar-refractivity contribution in [2.45, 2.75) is 12.2 Å². The van der Waals surface area contributed by atoms with Crippen LogP contribution < -0.4 is 5.32 Å². The Morgan fingerprint density at radius 1 is 1.00 bits per heavy atom. The van der Waals surface area contributed by atoms with Crippen LogP contribution in [0.25, 0.3) is 5.65 Å². The average molecular weight is 393 g/mol. The first-order valence-corrected chi connectivity index (χ1v) is 8.65. The van der Waals surface area contributed by atoms with Gasteiger partial charge in [-0.3, -0.25) is 0 Å². The first-order valence-electron chi connectivity index (χ1n) is 7.77. The molecular formula is C17H11F4N5S. The zero-order valence-corrected chi connectivity index (χ0v) is 14.3. The summed E-state index contributed by atoms with van der Waals surface area (Å²) >= 11 is 1.47. The van der Waals surface area contributed by atoms with Gasteiger partial charge in [-0.25, -0.2) is 4.39 Å². The van der Waals surface area contributed by atoms with Gasteiger partial charge in [0.1, 0.15) is 11.6 Å². The summed E-state index contributed by atoms with van der Waals surface area (Å²) in [6.45, 7) is 0. The van der Waals surface area contributed by atoms with Crippen LogP contribution >= 0.6 is 11.3 Å². The van der Waals surface area contributed by atoms with E-state index in [1.807, 2.05) is 17.5 Å². The molecule has 1 aromatic carbocycles. The molecule has 0 saturated carbocycles. The molecule has 3 aromatic heterocycles. The summed E-state index contributed by atoms with van der Waals surface area (Å²) in [5.41, 5.74) is 0.739. The maximum absolute atomic E-state index is 13.3. The van der Waals surface area contributed by atoms with Crippen molar-refractivity contribution in [1.29, 1.82) is 0 Å². The first kappa shape index (κ1) is 17.4. The molecule has 10 heteroatoms. The van der Waals surface area contributed by atoms with Gasteiger partial charge < -0.3 is 5.32 Å². The van der Waals surface area contributed by atoms with Crippen LogP contribution in [0.1, 0.15) is 22.3 Å². The summed E-state index contributed by atoms with van der Waals surface area (Å²) in [5, 5.41) is 15.6. The van der Waals surface area contributed by atoms with E-state index in [0.717, 1.165) is 10.4 Å².